The Balaban J connectivity index is 2.00. The molecule has 1 aliphatic rings. The third-order valence-electron chi connectivity index (χ3n) is 3.06. The van der Waals surface area contributed by atoms with Crippen molar-refractivity contribution in [3.8, 4) is 0 Å². The number of aliphatic hydroxyl groups excluding tert-OH is 1. The van der Waals surface area contributed by atoms with E-state index >= 15 is 0 Å². The molecule has 1 N–H and O–H groups in total. The molecule has 1 atom stereocenters. The first-order chi connectivity index (χ1) is 7.36. The summed E-state index contributed by atoms with van der Waals surface area (Å²) in [4.78, 5) is 2.41. The van der Waals surface area contributed by atoms with Gasteiger partial charge in [-0.2, -0.15) is 0 Å². The van der Waals surface area contributed by atoms with Crippen molar-refractivity contribution in [1.82, 2.24) is 4.90 Å². The van der Waals surface area contributed by atoms with Gasteiger partial charge in [-0.1, -0.05) is 13.3 Å². The van der Waals surface area contributed by atoms with E-state index in [9.17, 15) is 0 Å². The number of rotatable bonds is 7. The molecule has 1 saturated heterocycles. The van der Waals surface area contributed by atoms with Crippen molar-refractivity contribution in [2.45, 2.75) is 32.6 Å². The molecule has 0 bridgehead atoms. The Morgan fingerprint density at radius 1 is 1.40 bits per heavy atom. The van der Waals surface area contributed by atoms with Crippen LogP contribution in [-0.2, 0) is 4.74 Å². The fraction of sp³-hybridized carbons (Fsp3) is 1.00. The van der Waals surface area contributed by atoms with Crippen molar-refractivity contribution in [3.63, 3.8) is 0 Å². The molecule has 0 amide bonds. The zero-order valence-electron chi connectivity index (χ0n) is 9.95. The molecule has 1 rings (SSSR count). The number of hydrogen-bond acceptors (Lipinski definition) is 3. The molecule has 1 unspecified atom stereocenters. The Hall–Kier alpha value is -0.120. The fourth-order valence-electron chi connectivity index (χ4n) is 2.05. The van der Waals surface area contributed by atoms with Crippen molar-refractivity contribution in [2.24, 2.45) is 5.92 Å². The molecule has 0 radical (unpaired) electrons. The lowest BCUT2D eigenvalue weighted by molar-refractivity contribution is 0.0705. The summed E-state index contributed by atoms with van der Waals surface area (Å²) in [6, 6.07) is 0. The molecule has 90 valence electrons. The zero-order valence-corrected chi connectivity index (χ0v) is 9.95. The number of piperidine rings is 1. The van der Waals surface area contributed by atoms with Crippen molar-refractivity contribution in [2.75, 3.05) is 39.5 Å². The number of unbranched alkanes of at least 4 members (excludes halogenated alkanes) is 1. The molecular weight excluding hydrogens is 190 g/mol. The minimum Gasteiger partial charge on any atom is -0.396 e. The first kappa shape index (κ1) is 12.9. The molecule has 1 heterocycles. The van der Waals surface area contributed by atoms with Crippen LogP contribution in [-0.4, -0.2) is 49.5 Å². The topological polar surface area (TPSA) is 32.7 Å². The predicted molar refractivity (Wildman–Crippen MR) is 62.0 cm³/mol. The van der Waals surface area contributed by atoms with Crippen LogP contribution in [0.25, 0.3) is 0 Å². The van der Waals surface area contributed by atoms with Gasteiger partial charge in [-0.05, 0) is 31.7 Å². The van der Waals surface area contributed by atoms with E-state index in [4.69, 9.17) is 9.84 Å². The minimum atomic E-state index is 0.340. The van der Waals surface area contributed by atoms with Crippen LogP contribution >= 0.6 is 0 Å². The third-order valence-corrected chi connectivity index (χ3v) is 3.06. The fourth-order valence-corrected chi connectivity index (χ4v) is 2.05. The number of nitrogens with zero attached hydrogens (tertiary/aromatic N) is 1. The van der Waals surface area contributed by atoms with E-state index in [1.807, 2.05) is 0 Å². The molecule has 1 aliphatic heterocycles. The van der Waals surface area contributed by atoms with Gasteiger partial charge in [-0.15, -0.1) is 0 Å². The summed E-state index contributed by atoms with van der Waals surface area (Å²) in [5, 5.41) is 9.09. The molecule has 0 saturated carbocycles. The van der Waals surface area contributed by atoms with Gasteiger partial charge in [0.1, 0.15) is 0 Å². The van der Waals surface area contributed by atoms with E-state index in [0.717, 1.165) is 26.3 Å². The average molecular weight is 215 g/mol. The lowest BCUT2D eigenvalue weighted by atomic mass is 9.99. The van der Waals surface area contributed by atoms with Gasteiger partial charge in [0.05, 0.1) is 6.61 Å². The van der Waals surface area contributed by atoms with Crippen LogP contribution in [0.4, 0.5) is 0 Å². The third kappa shape index (κ3) is 5.50. The summed E-state index contributed by atoms with van der Waals surface area (Å²) in [5.74, 6) is 0.495. The Bertz CT molecular complexity index is 153. The molecule has 3 heteroatoms. The molecule has 1 fully saturated rings. The standard InChI is InChI=1S/C12H25NO2/c1-2-3-8-15-9-7-13-6-4-5-12(10-13)11-14/h12,14H,2-11H2,1H3. The Morgan fingerprint density at radius 3 is 3.00 bits per heavy atom. The van der Waals surface area contributed by atoms with E-state index in [1.165, 1.54) is 32.2 Å². The van der Waals surface area contributed by atoms with Crippen LogP contribution in [0.2, 0.25) is 0 Å². The second-order valence-electron chi connectivity index (χ2n) is 4.46. The van der Waals surface area contributed by atoms with Gasteiger partial charge in [0, 0.05) is 26.3 Å². The van der Waals surface area contributed by atoms with Gasteiger partial charge in [0.25, 0.3) is 0 Å². The van der Waals surface area contributed by atoms with Crippen molar-refractivity contribution < 1.29 is 9.84 Å². The molecule has 15 heavy (non-hydrogen) atoms. The summed E-state index contributed by atoms with van der Waals surface area (Å²) < 4.78 is 5.54. The highest BCUT2D eigenvalue weighted by Crippen LogP contribution is 2.15. The molecule has 0 aromatic rings. The summed E-state index contributed by atoms with van der Waals surface area (Å²) in [7, 11) is 0. The van der Waals surface area contributed by atoms with Crippen LogP contribution in [0, 0.1) is 5.92 Å². The zero-order chi connectivity index (χ0) is 10.9. The van der Waals surface area contributed by atoms with E-state index < -0.39 is 0 Å². The van der Waals surface area contributed by atoms with E-state index in [2.05, 4.69) is 11.8 Å². The van der Waals surface area contributed by atoms with E-state index in [-0.39, 0.29) is 0 Å². The maximum Gasteiger partial charge on any atom is 0.0593 e. The summed E-state index contributed by atoms with van der Waals surface area (Å²) in [6.45, 7) is 7.51. The predicted octanol–water partition coefficient (Wildman–Crippen LogP) is 1.51. The molecular formula is C12H25NO2. The first-order valence-electron chi connectivity index (χ1n) is 6.27. The Labute approximate surface area is 93.4 Å². The minimum absolute atomic E-state index is 0.340. The highest BCUT2D eigenvalue weighted by atomic mass is 16.5. The lowest BCUT2D eigenvalue weighted by Crippen LogP contribution is -2.38. The van der Waals surface area contributed by atoms with Crippen LogP contribution in [0.1, 0.15) is 32.6 Å². The second-order valence-corrected chi connectivity index (χ2v) is 4.46. The van der Waals surface area contributed by atoms with Gasteiger partial charge in [0.2, 0.25) is 0 Å². The molecule has 0 spiro atoms. The van der Waals surface area contributed by atoms with Crippen molar-refractivity contribution in [3.05, 3.63) is 0 Å². The van der Waals surface area contributed by atoms with Gasteiger partial charge in [0.15, 0.2) is 0 Å². The number of ether oxygens (including phenoxy) is 1. The van der Waals surface area contributed by atoms with Gasteiger partial charge < -0.3 is 14.7 Å². The lowest BCUT2D eigenvalue weighted by Gasteiger charge is -2.31. The Kier molecular flexibility index (Phi) is 6.98. The maximum absolute atomic E-state index is 9.09. The van der Waals surface area contributed by atoms with Gasteiger partial charge in [-0.3, -0.25) is 0 Å². The highest BCUT2D eigenvalue weighted by Gasteiger charge is 2.18. The average Bonchev–Trinajstić information content (AvgIpc) is 2.29. The summed E-state index contributed by atoms with van der Waals surface area (Å²) in [6.07, 6.45) is 4.78. The smallest absolute Gasteiger partial charge is 0.0593 e. The van der Waals surface area contributed by atoms with Crippen LogP contribution in [0.3, 0.4) is 0 Å². The molecule has 0 aromatic heterocycles. The monoisotopic (exact) mass is 215 g/mol. The summed E-state index contributed by atoms with van der Waals surface area (Å²) in [5.41, 5.74) is 0. The van der Waals surface area contributed by atoms with Crippen molar-refractivity contribution in [1.29, 1.82) is 0 Å². The van der Waals surface area contributed by atoms with E-state index in [0.29, 0.717) is 12.5 Å². The molecule has 0 aromatic carbocycles. The molecule has 3 nitrogen and oxygen atoms in total. The van der Waals surface area contributed by atoms with Gasteiger partial charge in [-0.25, -0.2) is 0 Å². The normalized spacial score (nSPS) is 23.2. The quantitative estimate of drug-likeness (QED) is 0.653. The second kappa shape index (κ2) is 8.08. The largest absolute Gasteiger partial charge is 0.396 e. The number of hydrogen-bond donors (Lipinski definition) is 1. The van der Waals surface area contributed by atoms with E-state index in [1.54, 1.807) is 0 Å². The molecule has 0 aliphatic carbocycles. The first-order valence-corrected chi connectivity index (χ1v) is 6.27. The van der Waals surface area contributed by atoms with Crippen LogP contribution < -0.4 is 0 Å². The van der Waals surface area contributed by atoms with Crippen molar-refractivity contribution >= 4 is 0 Å². The SMILES string of the molecule is CCCCOCCN1CCCC(CO)C1. The van der Waals surface area contributed by atoms with Crippen LogP contribution in [0.15, 0.2) is 0 Å². The van der Waals surface area contributed by atoms with Crippen LogP contribution in [0.5, 0.6) is 0 Å². The Morgan fingerprint density at radius 2 is 2.27 bits per heavy atom. The van der Waals surface area contributed by atoms with Gasteiger partial charge >= 0.3 is 0 Å². The maximum atomic E-state index is 9.09. The number of likely N-dealkylation sites (tertiary alicyclic amines) is 1. The highest BCUT2D eigenvalue weighted by molar-refractivity contribution is 4.71. The number of aliphatic hydroxyl groups is 1. The summed E-state index contributed by atoms with van der Waals surface area (Å²) >= 11 is 0.